The lowest BCUT2D eigenvalue weighted by molar-refractivity contribution is 0.158. The van der Waals surface area contributed by atoms with E-state index >= 15 is 0 Å². The molecule has 2 aliphatic rings. The van der Waals surface area contributed by atoms with Crippen LogP contribution in [0, 0.1) is 0 Å². The number of aromatic nitrogens is 2. The molecule has 9 nitrogen and oxygen atoms in total. The molecule has 10 heteroatoms. The van der Waals surface area contributed by atoms with Gasteiger partial charge in [-0.05, 0) is 33.6 Å². The Morgan fingerprint density at radius 2 is 2.14 bits per heavy atom. The lowest BCUT2D eigenvalue weighted by Crippen LogP contribution is -2.50. The summed E-state index contributed by atoms with van der Waals surface area (Å²) in [7, 11) is -3.34. The third-order valence-electron chi connectivity index (χ3n) is 4.97. The second kappa shape index (κ2) is 8.89. The zero-order chi connectivity index (χ0) is 20.3. The number of piperazine rings is 1. The average Bonchev–Trinajstić information content (AvgIpc) is 2.60. The number of aryl methyl sites for hydroxylation is 1. The van der Waals surface area contributed by atoms with Gasteiger partial charge in [0.2, 0.25) is 16.0 Å². The van der Waals surface area contributed by atoms with E-state index in [1.54, 1.807) is 13.8 Å². The number of sulfonamides is 1. The largest absolute Gasteiger partial charge is 0.393 e. The predicted molar refractivity (Wildman–Crippen MR) is 110 cm³/mol. The van der Waals surface area contributed by atoms with E-state index in [9.17, 15) is 13.5 Å². The Morgan fingerprint density at radius 3 is 2.86 bits per heavy atom. The van der Waals surface area contributed by atoms with Crippen molar-refractivity contribution in [1.29, 1.82) is 0 Å². The smallest absolute Gasteiger partial charge is 0.227 e. The van der Waals surface area contributed by atoms with Crippen molar-refractivity contribution in [3.8, 4) is 0 Å². The number of aliphatic hydroxyl groups is 1. The summed E-state index contributed by atoms with van der Waals surface area (Å²) >= 11 is 0. The van der Waals surface area contributed by atoms with E-state index in [2.05, 4.69) is 27.2 Å². The van der Waals surface area contributed by atoms with Gasteiger partial charge < -0.3 is 20.6 Å². The van der Waals surface area contributed by atoms with Crippen LogP contribution in [0.15, 0.2) is 0 Å². The number of anilines is 2. The van der Waals surface area contributed by atoms with Crippen LogP contribution in [-0.4, -0.2) is 73.6 Å². The molecule has 1 aromatic heterocycles. The quantitative estimate of drug-likeness (QED) is 0.489. The van der Waals surface area contributed by atoms with E-state index < -0.39 is 16.1 Å². The number of hydrogen-bond donors (Lipinski definition) is 4. The molecule has 1 saturated heterocycles. The molecule has 2 atom stereocenters. The fourth-order valence-electron chi connectivity index (χ4n) is 3.70. The van der Waals surface area contributed by atoms with Gasteiger partial charge in [-0.3, -0.25) is 0 Å². The summed E-state index contributed by atoms with van der Waals surface area (Å²) in [6.07, 6.45) is 1.48. The third kappa shape index (κ3) is 5.53. The molecule has 0 saturated carbocycles. The van der Waals surface area contributed by atoms with Crippen LogP contribution in [0.1, 0.15) is 38.4 Å². The Morgan fingerprint density at radius 1 is 1.36 bits per heavy atom. The summed E-state index contributed by atoms with van der Waals surface area (Å²) in [6.45, 7) is 8.51. The first-order valence-electron chi connectivity index (χ1n) is 10.0. The molecule has 0 bridgehead atoms. The Kier molecular flexibility index (Phi) is 6.74. The summed E-state index contributed by atoms with van der Waals surface area (Å²) in [5.41, 5.74) is 1.85. The van der Waals surface area contributed by atoms with E-state index in [4.69, 9.17) is 9.97 Å². The molecule has 1 unspecified atom stereocenters. The minimum Gasteiger partial charge on any atom is -0.393 e. The van der Waals surface area contributed by atoms with Gasteiger partial charge in [0.05, 0.1) is 17.6 Å². The van der Waals surface area contributed by atoms with Gasteiger partial charge in [-0.2, -0.15) is 4.98 Å². The highest BCUT2D eigenvalue weighted by Gasteiger charge is 2.26. The monoisotopic (exact) mass is 412 g/mol. The highest BCUT2D eigenvalue weighted by molar-refractivity contribution is 7.89. The molecule has 158 valence electrons. The minimum absolute atomic E-state index is 0.0352. The molecule has 1 aromatic rings. The zero-order valence-electron chi connectivity index (χ0n) is 16.9. The van der Waals surface area contributed by atoms with Crippen LogP contribution in [0.2, 0.25) is 0 Å². The van der Waals surface area contributed by atoms with Crippen molar-refractivity contribution in [2.24, 2.45) is 0 Å². The molecule has 1 fully saturated rings. The van der Waals surface area contributed by atoms with Crippen LogP contribution in [0.25, 0.3) is 0 Å². The second-order valence-electron chi connectivity index (χ2n) is 8.01. The number of hydrogen-bond acceptors (Lipinski definition) is 8. The summed E-state index contributed by atoms with van der Waals surface area (Å²) < 4.78 is 26.8. The summed E-state index contributed by atoms with van der Waals surface area (Å²) in [5, 5.41) is 16.7. The maximum atomic E-state index is 12.1. The Balaban J connectivity index is 1.79. The van der Waals surface area contributed by atoms with Crippen LogP contribution >= 0.6 is 0 Å². The Hall–Kier alpha value is -1.49. The van der Waals surface area contributed by atoms with Gasteiger partial charge in [0.25, 0.3) is 0 Å². The van der Waals surface area contributed by atoms with E-state index in [0.29, 0.717) is 37.1 Å². The van der Waals surface area contributed by atoms with Crippen molar-refractivity contribution in [3.05, 3.63) is 11.3 Å². The molecule has 0 radical (unpaired) electrons. The van der Waals surface area contributed by atoms with Crippen LogP contribution < -0.4 is 20.3 Å². The molecular formula is C18H32N6O3S. The Bertz CT molecular complexity index is 786. The fourth-order valence-corrected chi connectivity index (χ4v) is 4.91. The van der Waals surface area contributed by atoms with Crippen molar-refractivity contribution in [2.45, 2.75) is 58.2 Å². The van der Waals surface area contributed by atoms with Crippen molar-refractivity contribution < 1.29 is 13.5 Å². The summed E-state index contributed by atoms with van der Waals surface area (Å²) in [5.74, 6) is 1.28. The van der Waals surface area contributed by atoms with Crippen molar-refractivity contribution in [2.75, 3.05) is 42.1 Å². The maximum Gasteiger partial charge on any atom is 0.227 e. The van der Waals surface area contributed by atoms with E-state index in [0.717, 1.165) is 30.9 Å². The van der Waals surface area contributed by atoms with Crippen molar-refractivity contribution in [3.63, 3.8) is 0 Å². The summed E-state index contributed by atoms with van der Waals surface area (Å²) in [6, 6.07) is 0.229. The van der Waals surface area contributed by atoms with E-state index in [1.807, 2.05) is 0 Å². The Labute approximate surface area is 167 Å². The van der Waals surface area contributed by atoms with Crippen LogP contribution in [0.4, 0.5) is 11.8 Å². The summed E-state index contributed by atoms with van der Waals surface area (Å²) in [4.78, 5) is 11.6. The van der Waals surface area contributed by atoms with Gasteiger partial charge >= 0.3 is 0 Å². The van der Waals surface area contributed by atoms with Gasteiger partial charge in [-0.1, -0.05) is 0 Å². The highest BCUT2D eigenvalue weighted by atomic mass is 32.2. The van der Waals surface area contributed by atoms with Gasteiger partial charge in [0.1, 0.15) is 5.82 Å². The number of fused-ring (bicyclic) bond motifs is 1. The maximum absolute atomic E-state index is 12.1. The topological polar surface area (TPSA) is 119 Å². The van der Waals surface area contributed by atoms with Crippen molar-refractivity contribution >= 4 is 21.8 Å². The third-order valence-corrected chi connectivity index (χ3v) is 6.54. The first-order valence-corrected chi connectivity index (χ1v) is 11.7. The molecule has 28 heavy (non-hydrogen) atoms. The first kappa shape index (κ1) is 21.2. The second-order valence-corrected chi connectivity index (χ2v) is 9.89. The van der Waals surface area contributed by atoms with Gasteiger partial charge in [-0.25, -0.2) is 18.1 Å². The van der Waals surface area contributed by atoms with E-state index in [1.165, 1.54) is 0 Å². The minimum atomic E-state index is -3.34. The van der Waals surface area contributed by atoms with Gasteiger partial charge in [0.15, 0.2) is 0 Å². The lowest BCUT2D eigenvalue weighted by atomic mass is 9.94. The number of rotatable bonds is 7. The van der Waals surface area contributed by atoms with E-state index in [-0.39, 0.29) is 18.3 Å². The van der Waals surface area contributed by atoms with Crippen molar-refractivity contribution in [1.82, 2.24) is 20.0 Å². The standard InChI is InChI=1S/C18H32N6O3S/c1-12(2)23-28(26,27)9-7-20-17-15-10-14(25)4-5-16(15)21-18(22-17)24-8-6-19-13(3)11-24/h12-14,19,23,25H,4-11H2,1-3H3,(H,20,21,22)/t13-,14?/m0/s1. The normalized spacial score (nSPS) is 23.0. The molecule has 2 heterocycles. The van der Waals surface area contributed by atoms with Crippen LogP contribution in [0.5, 0.6) is 0 Å². The molecule has 1 aliphatic heterocycles. The molecule has 4 N–H and O–H groups in total. The first-order chi connectivity index (χ1) is 13.2. The highest BCUT2D eigenvalue weighted by Crippen LogP contribution is 2.28. The molecule has 1 aliphatic carbocycles. The molecule has 3 rings (SSSR count). The lowest BCUT2D eigenvalue weighted by Gasteiger charge is -2.33. The molecule has 0 aromatic carbocycles. The SMILES string of the molecule is CC(C)NS(=O)(=O)CCNc1nc(N2CCN[C@@H](C)C2)nc2c1CC(O)CC2. The number of nitrogens with one attached hydrogen (secondary N) is 3. The molecule has 0 amide bonds. The predicted octanol–water partition coefficient (Wildman–Crippen LogP) is -0.136. The van der Waals surface area contributed by atoms with Crippen LogP contribution in [-0.2, 0) is 22.9 Å². The van der Waals surface area contributed by atoms with Gasteiger partial charge in [0, 0.05) is 50.2 Å². The molecule has 0 spiro atoms. The number of nitrogens with zero attached hydrogens (tertiary/aromatic N) is 3. The van der Waals surface area contributed by atoms with Crippen LogP contribution in [0.3, 0.4) is 0 Å². The average molecular weight is 413 g/mol. The fraction of sp³-hybridized carbons (Fsp3) is 0.778. The number of aliphatic hydroxyl groups excluding tert-OH is 1. The molecular weight excluding hydrogens is 380 g/mol. The zero-order valence-corrected chi connectivity index (χ0v) is 17.7. The van der Waals surface area contributed by atoms with Gasteiger partial charge in [-0.15, -0.1) is 0 Å².